The predicted molar refractivity (Wildman–Crippen MR) is 79.5 cm³/mol. The van der Waals surface area contributed by atoms with Gasteiger partial charge in [-0.3, -0.25) is 0 Å². The van der Waals surface area contributed by atoms with E-state index in [2.05, 4.69) is 30.2 Å². The van der Waals surface area contributed by atoms with Gasteiger partial charge < -0.3 is 10.1 Å². The largest absolute Gasteiger partial charge is 0.478 e. The molecule has 0 bridgehead atoms. The Morgan fingerprint density at radius 3 is 2.79 bits per heavy atom. The Morgan fingerprint density at radius 2 is 2.05 bits per heavy atom. The summed E-state index contributed by atoms with van der Waals surface area (Å²) in [6, 6.07) is 10.2. The molecule has 3 nitrogen and oxygen atoms in total. The summed E-state index contributed by atoms with van der Waals surface area (Å²) in [5.41, 5.74) is 2.22. The van der Waals surface area contributed by atoms with Crippen molar-refractivity contribution in [3.8, 4) is 5.88 Å². The lowest BCUT2D eigenvalue weighted by Gasteiger charge is -2.11. The number of pyridine rings is 1. The van der Waals surface area contributed by atoms with Crippen LogP contribution in [0.15, 0.2) is 30.3 Å². The normalized spacial score (nSPS) is 11.2. The van der Waals surface area contributed by atoms with Crippen LogP contribution in [0.5, 0.6) is 5.88 Å². The van der Waals surface area contributed by atoms with Gasteiger partial charge in [0.1, 0.15) is 0 Å². The third-order valence-electron chi connectivity index (χ3n) is 3.09. The van der Waals surface area contributed by atoms with Crippen LogP contribution < -0.4 is 10.1 Å². The molecule has 1 heterocycles. The molecule has 19 heavy (non-hydrogen) atoms. The summed E-state index contributed by atoms with van der Waals surface area (Å²) < 4.78 is 5.77. The minimum Gasteiger partial charge on any atom is -0.478 e. The first-order valence-electron chi connectivity index (χ1n) is 6.86. The van der Waals surface area contributed by atoms with E-state index in [1.165, 1.54) is 10.9 Å². The van der Waals surface area contributed by atoms with Gasteiger partial charge in [-0.25, -0.2) is 4.98 Å². The number of aromatic nitrogens is 1. The lowest BCUT2D eigenvalue weighted by molar-refractivity contribution is 0.280. The highest BCUT2D eigenvalue weighted by Gasteiger charge is 2.06. The standard InChI is InChI=1S/C16H22N2O/c1-12(2)8-9-19-16-10-13(11-17-3)14-6-4-5-7-15(14)18-16/h4-7,10,12,17H,8-9,11H2,1-3H3. The van der Waals surface area contributed by atoms with E-state index >= 15 is 0 Å². The Kier molecular flexibility index (Phi) is 4.74. The highest BCUT2D eigenvalue weighted by atomic mass is 16.5. The number of hydrogen-bond donors (Lipinski definition) is 1. The van der Waals surface area contributed by atoms with Crippen LogP contribution in [0.3, 0.4) is 0 Å². The van der Waals surface area contributed by atoms with Crippen molar-refractivity contribution in [2.45, 2.75) is 26.8 Å². The zero-order valence-electron chi connectivity index (χ0n) is 11.9. The second kappa shape index (κ2) is 6.53. The molecule has 0 atom stereocenters. The van der Waals surface area contributed by atoms with E-state index in [1.807, 2.05) is 31.3 Å². The monoisotopic (exact) mass is 258 g/mol. The Morgan fingerprint density at radius 1 is 1.26 bits per heavy atom. The van der Waals surface area contributed by atoms with Gasteiger partial charge in [0, 0.05) is 18.0 Å². The lowest BCUT2D eigenvalue weighted by Crippen LogP contribution is -2.08. The van der Waals surface area contributed by atoms with E-state index < -0.39 is 0 Å². The van der Waals surface area contributed by atoms with Gasteiger partial charge in [0.2, 0.25) is 5.88 Å². The molecular formula is C16H22N2O. The lowest BCUT2D eigenvalue weighted by atomic mass is 10.1. The molecule has 0 amide bonds. The second-order valence-electron chi connectivity index (χ2n) is 5.20. The Balaban J connectivity index is 2.24. The van der Waals surface area contributed by atoms with Crippen molar-refractivity contribution < 1.29 is 4.74 Å². The van der Waals surface area contributed by atoms with Crippen LogP contribution >= 0.6 is 0 Å². The fraction of sp³-hybridized carbons (Fsp3) is 0.438. The summed E-state index contributed by atoms with van der Waals surface area (Å²) in [7, 11) is 1.95. The summed E-state index contributed by atoms with van der Waals surface area (Å²) in [6.45, 7) is 5.94. The molecular weight excluding hydrogens is 236 g/mol. The van der Waals surface area contributed by atoms with Crippen molar-refractivity contribution in [3.63, 3.8) is 0 Å². The van der Waals surface area contributed by atoms with Crippen LogP contribution in [-0.2, 0) is 6.54 Å². The molecule has 0 radical (unpaired) electrons. The van der Waals surface area contributed by atoms with Crippen LogP contribution in [0, 0.1) is 5.92 Å². The summed E-state index contributed by atoms with van der Waals surface area (Å²) in [6.07, 6.45) is 1.05. The number of nitrogens with zero attached hydrogens (tertiary/aromatic N) is 1. The maximum Gasteiger partial charge on any atom is 0.214 e. The van der Waals surface area contributed by atoms with Crippen molar-refractivity contribution in [3.05, 3.63) is 35.9 Å². The number of hydrogen-bond acceptors (Lipinski definition) is 3. The SMILES string of the molecule is CNCc1cc(OCCC(C)C)nc2ccccc12. The zero-order valence-corrected chi connectivity index (χ0v) is 11.9. The van der Waals surface area contributed by atoms with Crippen molar-refractivity contribution in [1.29, 1.82) is 0 Å². The maximum atomic E-state index is 5.77. The average Bonchev–Trinajstić information content (AvgIpc) is 2.39. The summed E-state index contributed by atoms with van der Waals surface area (Å²) in [5.74, 6) is 1.38. The second-order valence-corrected chi connectivity index (χ2v) is 5.20. The maximum absolute atomic E-state index is 5.77. The van der Waals surface area contributed by atoms with Gasteiger partial charge in [-0.15, -0.1) is 0 Å². The van der Waals surface area contributed by atoms with Crippen LogP contribution in [0.2, 0.25) is 0 Å². The third kappa shape index (κ3) is 3.67. The van der Waals surface area contributed by atoms with Gasteiger partial charge in [-0.05, 0) is 31.0 Å². The average molecular weight is 258 g/mol. The first-order chi connectivity index (χ1) is 9.20. The topological polar surface area (TPSA) is 34.1 Å². The van der Waals surface area contributed by atoms with E-state index in [1.54, 1.807) is 0 Å². The van der Waals surface area contributed by atoms with Crippen LogP contribution in [0.4, 0.5) is 0 Å². The van der Waals surface area contributed by atoms with Crippen molar-refractivity contribution >= 4 is 10.9 Å². The molecule has 2 rings (SSSR count). The van der Waals surface area contributed by atoms with Crippen LogP contribution in [-0.4, -0.2) is 18.6 Å². The van der Waals surface area contributed by atoms with E-state index in [9.17, 15) is 0 Å². The molecule has 0 fully saturated rings. The van der Waals surface area contributed by atoms with Gasteiger partial charge in [0.15, 0.2) is 0 Å². The van der Waals surface area contributed by atoms with Gasteiger partial charge >= 0.3 is 0 Å². The molecule has 0 aliphatic carbocycles. The van der Waals surface area contributed by atoms with E-state index in [0.717, 1.165) is 31.0 Å². The zero-order chi connectivity index (χ0) is 13.7. The number of rotatable bonds is 6. The molecule has 3 heteroatoms. The summed E-state index contributed by atoms with van der Waals surface area (Å²) in [4.78, 5) is 4.56. The fourth-order valence-corrected chi connectivity index (χ4v) is 2.03. The smallest absolute Gasteiger partial charge is 0.214 e. The van der Waals surface area contributed by atoms with Gasteiger partial charge in [-0.2, -0.15) is 0 Å². The highest BCUT2D eigenvalue weighted by Crippen LogP contribution is 2.22. The van der Waals surface area contributed by atoms with Crippen LogP contribution in [0.1, 0.15) is 25.8 Å². The molecule has 0 aliphatic heterocycles. The number of ether oxygens (including phenoxy) is 1. The third-order valence-corrected chi connectivity index (χ3v) is 3.09. The van der Waals surface area contributed by atoms with Crippen LogP contribution in [0.25, 0.3) is 10.9 Å². The first-order valence-corrected chi connectivity index (χ1v) is 6.86. The van der Waals surface area contributed by atoms with Crippen molar-refractivity contribution in [2.75, 3.05) is 13.7 Å². The number of nitrogens with one attached hydrogen (secondary N) is 1. The van der Waals surface area contributed by atoms with E-state index in [4.69, 9.17) is 4.74 Å². The molecule has 0 unspecified atom stereocenters. The number of fused-ring (bicyclic) bond motifs is 1. The van der Waals surface area contributed by atoms with Crippen molar-refractivity contribution in [1.82, 2.24) is 10.3 Å². The fourth-order valence-electron chi connectivity index (χ4n) is 2.03. The molecule has 0 aliphatic rings. The first kappa shape index (κ1) is 13.8. The molecule has 1 aromatic carbocycles. The molecule has 1 aromatic heterocycles. The Bertz CT molecular complexity index is 537. The van der Waals surface area contributed by atoms with E-state index in [0.29, 0.717) is 5.92 Å². The van der Waals surface area contributed by atoms with Gasteiger partial charge in [0.25, 0.3) is 0 Å². The minimum atomic E-state index is 0.650. The van der Waals surface area contributed by atoms with Gasteiger partial charge in [0.05, 0.1) is 12.1 Å². The quantitative estimate of drug-likeness (QED) is 0.862. The summed E-state index contributed by atoms with van der Waals surface area (Å²) in [5, 5.41) is 4.38. The Hall–Kier alpha value is -1.61. The van der Waals surface area contributed by atoms with E-state index in [-0.39, 0.29) is 0 Å². The molecule has 1 N–H and O–H groups in total. The number of benzene rings is 1. The molecule has 0 spiro atoms. The molecule has 0 saturated carbocycles. The minimum absolute atomic E-state index is 0.650. The van der Waals surface area contributed by atoms with Crippen molar-refractivity contribution in [2.24, 2.45) is 5.92 Å². The molecule has 0 saturated heterocycles. The molecule has 102 valence electrons. The number of para-hydroxylation sites is 1. The molecule has 2 aromatic rings. The van der Waals surface area contributed by atoms with Gasteiger partial charge in [-0.1, -0.05) is 32.0 Å². The highest BCUT2D eigenvalue weighted by molar-refractivity contribution is 5.82. The predicted octanol–water partition coefficient (Wildman–Crippen LogP) is 3.38. The summed E-state index contributed by atoms with van der Waals surface area (Å²) >= 11 is 0. The Labute approximate surface area is 115 Å².